The van der Waals surface area contributed by atoms with Crippen molar-refractivity contribution in [2.75, 3.05) is 7.11 Å². The number of nitrogens with zero attached hydrogens (tertiary/aromatic N) is 4. The molecule has 102 valence electrons. The fourth-order valence-electron chi connectivity index (χ4n) is 2.16. The predicted octanol–water partition coefficient (Wildman–Crippen LogP) is 2.88. The first-order valence-electron chi connectivity index (χ1n) is 6.24. The molecule has 0 saturated heterocycles. The van der Waals surface area contributed by atoms with Gasteiger partial charge in [0.05, 0.1) is 12.5 Å². The molecule has 3 aromatic rings. The van der Waals surface area contributed by atoms with Crippen LogP contribution in [0.4, 0.5) is 5.69 Å². The SMILES string of the molecule is COc1ccc(-n2cc([N+]#N)c3ncccc3c2=O)cc1. The highest BCUT2D eigenvalue weighted by Crippen LogP contribution is 2.23. The van der Waals surface area contributed by atoms with Crippen molar-refractivity contribution in [2.24, 2.45) is 0 Å². The Bertz CT molecular complexity index is 908. The minimum Gasteiger partial charge on any atom is -0.497 e. The summed E-state index contributed by atoms with van der Waals surface area (Å²) < 4.78 is 6.51. The Morgan fingerprint density at radius 1 is 1.24 bits per heavy atom. The second kappa shape index (κ2) is 5.06. The summed E-state index contributed by atoms with van der Waals surface area (Å²) in [4.78, 5) is 19.8. The molecule has 0 amide bonds. The molecule has 0 bridgehead atoms. The largest absolute Gasteiger partial charge is 0.497 e. The number of pyridine rings is 2. The van der Waals surface area contributed by atoms with Gasteiger partial charge >= 0.3 is 5.69 Å². The summed E-state index contributed by atoms with van der Waals surface area (Å²) in [6.07, 6.45) is 3.01. The summed E-state index contributed by atoms with van der Waals surface area (Å²) in [6.45, 7) is 0. The van der Waals surface area contributed by atoms with Crippen molar-refractivity contribution in [1.29, 1.82) is 5.39 Å². The Kier molecular flexibility index (Phi) is 3.09. The number of rotatable bonds is 2. The maximum Gasteiger partial charge on any atom is 0.427 e. The number of benzene rings is 1. The van der Waals surface area contributed by atoms with E-state index in [1.54, 1.807) is 49.7 Å². The molecule has 6 heteroatoms. The lowest BCUT2D eigenvalue weighted by Gasteiger charge is -2.06. The van der Waals surface area contributed by atoms with Crippen molar-refractivity contribution in [1.82, 2.24) is 9.55 Å². The van der Waals surface area contributed by atoms with Gasteiger partial charge in [-0.15, -0.1) is 0 Å². The lowest BCUT2D eigenvalue weighted by Crippen LogP contribution is -2.17. The molecule has 0 saturated carbocycles. The van der Waals surface area contributed by atoms with Gasteiger partial charge in [0.25, 0.3) is 5.56 Å². The fraction of sp³-hybridized carbons (Fsp3) is 0.0667. The zero-order valence-corrected chi connectivity index (χ0v) is 11.2. The van der Waals surface area contributed by atoms with Gasteiger partial charge in [0.1, 0.15) is 11.9 Å². The van der Waals surface area contributed by atoms with Gasteiger partial charge in [0.2, 0.25) is 5.39 Å². The quantitative estimate of drug-likeness (QED) is 0.676. The molecule has 21 heavy (non-hydrogen) atoms. The van der Waals surface area contributed by atoms with Gasteiger partial charge in [-0.25, -0.2) is 4.98 Å². The van der Waals surface area contributed by atoms with E-state index in [2.05, 4.69) is 9.96 Å². The first kappa shape index (κ1) is 12.8. The highest BCUT2D eigenvalue weighted by molar-refractivity contribution is 5.89. The summed E-state index contributed by atoms with van der Waals surface area (Å²) in [5, 5.41) is 9.52. The van der Waals surface area contributed by atoms with Crippen LogP contribution in [0.5, 0.6) is 5.75 Å². The molecule has 6 nitrogen and oxygen atoms in total. The molecule has 2 aromatic heterocycles. The van der Waals surface area contributed by atoms with Crippen molar-refractivity contribution in [2.45, 2.75) is 0 Å². The maximum absolute atomic E-state index is 12.5. The summed E-state index contributed by atoms with van der Waals surface area (Å²) in [5.41, 5.74) is 1.03. The number of aromatic nitrogens is 2. The lowest BCUT2D eigenvalue weighted by atomic mass is 10.2. The number of ether oxygens (including phenoxy) is 1. The predicted molar refractivity (Wildman–Crippen MR) is 78.6 cm³/mol. The van der Waals surface area contributed by atoms with Crippen LogP contribution in [0.3, 0.4) is 0 Å². The topological polar surface area (TPSA) is 72.3 Å². The highest BCUT2D eigenvalue weighted by Gasteiger charge is 2.18. The van der Waals surface area contributed by atoms with Crippen LogP contribution in [0.25, 0.3) is 21.6 Å². The van der Waals surface area contributed by atoms with Crippen molar-refractivity contribution in [3.8, 4) is 11.4 Å². The average molecular weight is 279 g/mol. The number of methoxy groups -OCH3 is 1. The van der Waals surface area contributed by atoms with E-state index in [1.807, 2.05) is 0 Å². The molecule has 0 spiro atoms. The Morgan fingerprint density at radius 2 is 2.00 bits per heavy atom. The van der Waals surface area contributed by atoms with Crippen LogP contribution in [0, 0.1) is 5.39 Å². The van der Waals surface area contributed by atoms with Gasteiger partial charge < -0.3 is 4.74 Å². The third-order valence-corrected chi connectivity index (χ3v) is 3.21. The lowest BCUT2D eigenvalue weighted by molar-refractivity contribution is 0.414. The second-order valence-electron chi connectivity index (χ2n) is 4.39. The Balaban J connectivity index is 2.30. The van der Waals surface area contributed by atoms with Crippen LogP contribution in [0.15, 0.2) is 53.6 Å². The van der Waals surface area contributed by atoms with Gasteiger partial charge in [-0.2, -0.15) is 0 Å². The van der Waals surface area contributed by atoms with Crippen molar-refractivity contribution in [3.63, 3.8) is 0 Å². The molecule has 0 aliphatic heterocycles. The van der Waals surface area contributed by atoms with Crippen LogP contribution in [-0.4, -0.2) is 16.7 Å². The first-order valence-corrected chi connectivity index (χ1v) is 6.24. The van der Waals surface area contributed by atoms with E-state index in [1.165, 1.54) is 10.8 Å². The van der Waals surface area contributed by atoms with Crippen LogP contribution in [0.2, 0.25) is 0 Å². The van der Waals surface area contributed by atoms with E-state index >= 15 is 0 Å². The molecule has 0 aliphatic carbocycles. The smallest absolute Gasteiger partial charge is 0.427 e. The van der Waals surface area contributed by atoms with E-state index in [-0.39, 0.29) is 11.2 Å². The molecule has 0 radical (unpaired) electrons. The number of diazo groups is 1. The van der Waals surface area contributed by atoms with Gasteiger partial charge in [-0.1, -0.05) is 0 Å². The molecule has 0 fully saturated rings. The molecule has 0 unspecified atom stereocenters. The van der Waals surface area contributed by atoms with Gasteiger partial charge in [0.15, 0.2) is 10.5 Å². The van der Waals surface area contributed by atoms with E-state index in [4.69, 9.17) is 10.1 Å². The fourth-order valence-corrected chi connectivity index (χ4v) is 2.16. The normalized spacial score (nSPS) is 10.3. The molecule has 1 aromatic carbocycles. The molecule has 3 rings (SSSR count). The summed E-state index contributed by atoms with van der Waals surface area (Å²) in [5.74, 6) is 0.696. The van der Waals surface area contributed by atoms with E-state index in [0.29, 0.717) is 22.3 Å². The zero-order chi connectivity index (χ0) is 14.8. The average Bonchev–Trinajstić information content (AvgIpc) is 2.56. The summed E-state index contributed by atoms with van der Waals surface area (Å²) in [7, 11) is 1.58. The molecule has 0 aliphatic rings. The Hall–Kier alpha value is -3.20. The third-order valence-electron chi connectivity index (χ3n) is 3.21. The monoisotopic (exact) mass is 279 g/mol. The number of fused-ring (bicyclic) bond motifs is 1. The molecule has 2 heterocycles. The Morgan fingerprint density at radius 3 is 2.67 bits per heavy atom. The van der Waals surface area contributed by atoms with Crippen LogP contribution in [0.1, 0.15) is 0 Å². The van der Waals surface area contributed by atoms with E-state index in [9.17, 15) is 4.79 Å². The van der Waals surface area contributed by atoms with Gasteiger partial charge in [-0.05, 0) is 36.4 Å². The van der Waals surface area contributed by atoms with Crippen molar-refractivity contribution < 1.29 is 4.74 Å². The van der Waals surface area contributed by atoms with Gasteiger partial charge in [-0.3, -0.25) is 9.36 Å². The Labute approximate surface area is 119 Å². The van der Waals surface area contributed by atoms with Crippen LogP contribution < -0.4 is 10.3 Å². The van der Waals surface area contributed by atoms with Crippen LogP contribution in [-0.2, 0) is 0 Å². The summed E-state index contributed by atoms with van der Waals surface area (Å²) in [6, 6.07) is 10.3. The number of hydrogen-bond donors (Lipinski definition) is 0. The standard InChI is InChI=1S/C15H11N4O2/c1-21-11-6-4-10(5-7-11)19-9-13(18-16)14-12(15(19)20)3-2-8-17-14/h2-9H,1H3/q+1. The van der Waals surface area contributed by atoms with Crippen molar-refractivity contribution >= 4 is 16.6 Å². The second-order valence-corrected chi connectivity index (χ2v) is 4.39. The molecular formula is C15H11N4O2+. The molecule has 0 atom stereocenters. The van der Waals surface area contributed by atoms with E-state index < -0.39 is 0 Å². The third kappa shape index (κ3) is 2.11. The maximum atomic E-state index is 12.5. The summed E-state index contributed by atoms with van der Waals surface area (Å²) >= 11 is 0. The minimum atomic E-state index is -0.226. The minimum absolute atomic E-state index is 0.226. The van der Waals surface area contributed by atoms with Gasteiger partial charge in [0, 0.05) is 11.9 Å². The molecular weight excluding hydrogens is 268 g/mol. The number of hydrogen-bond acceptors (Lipinski definition) is 4. The van der Waals surface area contributed by atoms with E-state index in [0.717, 1.165) is 0 Å². The van der Waals surface area contributed by atoms with Crippen LogP contribution >= 0.6 is 0 Å². The van der Waals surface area contributed by atoms with Crippen molar-refractivity contribution in [3.05, 3.63) is 64.1 Å². The molecule has 0 N–H and O–H groups in total. The first-order chi connectivity index (χ1) is 10.2. The zero-order valence-electron chi connectivity index (χ0n) is 11.2. The highest BCUT2D eigenvalue weighted by atomic mass is 16.5.